The predicted octanol–water partition coefficient (Wildman–Crippen LogP) is 2.95. The average molecular weight is 438 g/mol. The van der Waals surface area contributed by atoms with E-state index in [1.807, 2.05) is 0 Å². The fourth-order valence-corrected chi connectivity index (χ4v) is 4.19. The standard InChI is InChI=1S/C19H20ClN3O5S/c1-11(2)23(3)29(26,27)13-6-4-12(5-7-13)19(25)22-15-9-17-16(8-14(15)20)21-18(24)10-28-17/h4-9,11H,10H2,1-3H3,(H,21,24)(H,22,25). The number of carbonyl (C=O) groups is 2. The molecule has 1 aliphatic rings. The van der Waals surface area contributed by atoms with Crippen molar-refractivity contribution >= 4 is 44.8 Å². The van der Waals surface area contributed by atoms with Gasteiger partial charge in [-0.15, -0.1) is 0 Å². The number of ether oxygens (including phenoxy) is 1. The second-order valence-electron chi connectivity index (χ2n) is 6.76. The molecule has 0 aromatic heterocycles. The Labute approximate surface area is 173 Å². The summed E-state index contributed by atoms with van der Waals surface area (Å²) in [5.74, 6) is -0.362. The topological polar surface area (TPSA) is 105 Å². The normalized spacial score (nSPS) is 13.7. The summed E-state index contributed by atoms with van der Waals surface area (Å²) in [4.78, 5) is 24.0. The van der Waals surface area contributed by atoms with Gasteiger partial charge in [0, 0.05) is 24.7 Å². The Bertz CT molecular complexity index is 1070. The second kappa shape index (κ2) is 8.02. The van der Waals surface area contributed by atoms with Crippen LogP contribution < -0.4 is 15.4 Å². The summed E-state index contributed by atoms with van der Waals surface area (Å²) in [7, 11) is -2.13. The largest absolute Gasteiger partial charge is 0.482 e. The lowest BCUT2D eigenvalue weighted by molar-refractivity contribution is -0.118. The third-order valence-corrected chi connectivity index (χ3v) is 6.83. The zero-order valence-electron chi connectivity index (χ0n) is 16.0. The number of hydrogen-bond donors (Lipinski definition) is 2. The van der Waals surface area contributed by atoms with Gasteiger partial charge in [0.15, 0.2) is 6.61 Å². The molecule has 3 rings (SSSR count). The van der Waals surface area contributed by atoms with E-state index in [-0.39, 0.29) is 34.0 Å². The van der Waals surface area contributed by atoms with Crippen molar-refractivity contribution in [2.45, 2.75) is 24.8 Å². The highest BCUT2D eigenvalue weighted by Crippen LogP contribution is 2.36. The molecule has 0 aliphatic carbocycles. The number of halogens is 1. The molecule has 0 atom stereocenters. The monoisotopic (exact) mass is 437 g/mol. The van der Waals surface area contributed by atoms with Gasteiger partial charge in [-0.1, -0.05) is 11.6 Å². The van der Waals surface area contributed by atoms with Crippen molar-refractivity contribution in [1.82, 2.24) is 4.31 Å². The molecule has 2 aromatic carbocycles. The van der Waals surface area contributed by atoms with Gasteiger partial charge in [-0.2, -0.15) is 4.31 Å². The van der Waals surface area contributed by atoms with Gasteiger partial charge in [-0.3, -0.25) is 9.59 Å². The van der Waals surface area contributed by atoms with Crippen molar-refractivity contribution in [1.29, 1.82) is 0 Å². The number of benzene rings is 2. The molecule has 29 heavy (non-hydrogen) atoms. The average Bonchev–Trinajstić information content (AvgIpc) is 2.68. The summed E-state index contributed by atoms with van der Waals surface area (Å²) in [6, 6.07) is 8.44. The van der Waals surface area contributed by atoms with E-state index >= 15 is 0 Å². The minimum Gasteiger partial charge on any atom is -0.482 e. The van der Waals surface area contributed by atoms with E-state index in [4.69, 9.17) is 16.3 Å². The molecule has 0 saturated carbocycles. The third kappa shape index (κ3) is 4.36. The minimum atomic E-state index is -3.63. The zero-order chi connectivity index (χ0) is 21.3. The van der Waals surface area contributed by atoms with Crippen LogP contribution in [0.15, 0.2) is 41.3 Å². The number of nitrogens with zero attached hydrogens (tertiary/aromatic N) is 1. The van der Waals surface area contributed by atoms with Gasteiger partial charge in [0.25, 0.3) is 11.8 Å². The van der Waals surface area contributed by atoms with E-state index in [1.54, 1.807) is 13.8 Å². The fourth-order valence-electron chi connectivity index (χ4n) is 2.61. The zero-order valence-corrected chi connectivity index (χ0v) is 17.6. The van der Waals surface area contributed by atoms with Crippen molar-refractivity contribution in [3.8, 4) is 5.75 Å². The highest BCUT2D eigenvalue weighted by atomic mass is 35.5. The quantitative estimate of drug-likeness (QED) is 0.748. The summed E-state index contributed by atoms with van der Waals surface area (Å²) in [6.45, 7) is 3.43. The number of sulfonamides is 1. The smallest absolute Gasteiger partial charge is 0.262 e. The van der Waals surface area contributed by atoms with Crippen molar-refractivity contribution in [2.75, 3.05) is 24.3 Å². The first-order valence-corrected chi connectivity index (χ1v) is 10.6. The van der Waals surface area contributed by atoms with Crippen LogP contribution in [-0.2, 0) is 14.8 Å². The van der Waals surface area contributed by atoms with Crippen LogP contribution in [0.5, 0.6) is 5.75 Å². The summed E-state index contributed by atoms with van der Waals surface area (Å²) in [5, 5.41) is 5.51. The maximum atomic E-state index is 12.5. The van der Waals surface area contributed by atoms with E-state index in [1.165, 1.54) is 47.8 Å². The van der Waals surface area contributed by atoms with E-state index in [2.05, 4.69) is 10.6 Å². The Morgan fingerprint density at radius 2 is 1.90 bits per heavy atom. The molecule has 154 valence electrons. The van der Waals surface area contributed by atoms with E-state index in [0.29, 0.717) is 17.1 Å². The first-order chi connectivity index (χ1) is 13.6. The van der Waals surface area contributed by atoms with Crippen LogP contribution in [-0.4, -0.2) is 44.2 Å². The third-order valence-electron chi connectivity index (χ3n) is 4.47. The molecular formula is C19H20ClN3O5S. The van der Waals surface area contributed by atoms with Gasteiger partial charge >= 0.3 is 0 Å². The molecule has 0 saturated heterocycles. The van der Waals surface area contributed by atoms with Crippen LogP contribution in [0, 0.1) is 0 Å². The van der Waals surface area contributed by atoms with Crippen LogP contribution in [0.25, 0.3) is 0 Å². The lowest BCUT2D eigenvalue weighted by Gasteiger charge is -2.21. The van der Waals surface area contributed by atoms with Gasteiger partial charge in [0.2, 0.25) is 10.0 Å². The lowest BCUT2D eigenvalue weighted by Crippen LogP contribution is -2.33. The second-order valence-corrected chi connectivity index (χ2v) is 9.16. The molecule has 0 unspecified atom stereocenters. The van der Waals surface area contributed by atoms with Gasteiger partial charge in [-0.25, -0.2) is 8.42 Å². The van der Waals surface area contributed by atoms with E-state index in [0.717, 1.165) is 0 Å². The number of nitrogens with one attached hydrogen (secondary N) is 2. The molecule has 0 spiro atoms. The maximum absolute atomic E-state index is 12.5. The Balaban J connectivity index is 1.79. The summed E-state index contributed by atoms with van der Waals surface area (Å²) in [6.07, 6.45) is 0. The minimum absolute atomic E-state index is 0.0983. The van der Waals surface area contributed by atoms with Crippen LogP contribution in [0.1, 0.15) is 24.2 Å². The van der Waals surface area contributed by atoms with Crippen LogP contribution in [0.4, 0.5) is 11.4 Å². The van der Waals surface area contributed by atoms with E-state index in [9.17, 15) is 18.0 Å². The predicted molar refractivity (Wildman–Crippen MR) is 110 cm³/mol. The van der Waals surface area contributed by atoms with Crippen LogP contribution in [0.2, 0.25) is 5.02 Å². The fraction of sp³-hybridized carbons (Fsp3) is 0.263. The molecule has 0 fully saturated rings. The molecule has 8 nitrogen and oxygen atoms in total. The first-order valence-electron chi connectivity index (χ1n) is 8.75. The van der Waals surface area contributed by atoms with Gasteiger partial charge in [0.1, 0.15) is 5.75 Å². The van der Waals surface area contributed by atoms with Gasteiger partial charge < -0.3 is 15.4 Å². The Kier molecular flexibility index (Phi) is 5.83. The Morgan fingerprint density at radius 1 is 1.24 bits per heavy atom. The van der Waals surface area contributed by atoms with Crippen LogP contribution >= 0.6 is 11.6 Å². The Hall–Kier alpha value is -2.62. The van der Waals surface area contributed by atoms with Crippen molar-refractivity contribution in [3.05, 3.63) is 47.0 Å². The molecular weight excluding hydrogens is 418 g/mol. The van der Waals surface area contributed by atoms with Crippen molar-refractivity contribution < 1.29 is 22.7 Å². The molecule has 10 heteroatoms. The molecule has 1 heterocycles. The first kappa shape index (κ1) is 21.1. The summed E-state index contributed by atoms with van der Waals surface area (Å²) in [5.41, 5.74) is 0.995. The Morgan fingerprint density at radius 3 is 2.52 bits per heavy atom. The molecule has 1 aliphatic heterocycles. The van der Waals surface area contributed by atoms with Crippen LogP contribution in [0.3, 0.4) is 0 Å². The number of anilines is 2. The molecule has 2 amide bonds. The molecule has 2 N–H and O–H groups in total. The number of carbonyl (C=O) groups excluding carboxylic acids is 2. The summed E-state index contributed by atoms with van der Waals surface area (Å²) >= 11 is 6.18. The molecule has 0 radical (unpaired) electrons. The highest BCUT2D eigenvalue weighted by molar-refractivity contribution is 7.89. The SMILES string of the molecule is CC(C)N(C)S(=O)(=O)c1ccc(C(=O)Nc2cc3c(cc2Cl)NC(=O)CO3)cc1. The van der Waals surface area contributed by atoms with Gasteiger partial charge in [0.05, 0.1) is 21.3 Å². The molecule has 2 aromatic rings. The highest BCUT2D eigenvalue weighted by Gasteiger charge is 2.23. The van der Waals surface area contributed by atoms with E-state index < -0.39 is 15.9 Å². The number of fused-ring (bicyclic) bond motifs is 1. The lowest BCUT2D eigenvalue weighted by atomic mass is 10.2. The maximum Gasteiger partial charge on any atom is 0.262 e. The van der Waals surface area contributed by atoms with Crippen molar-refractivity contribution in [3.63, 3.8) is 0 Å². The molecule has 0 bridgehead atoms. The van der Waals surface area contributed by atoms with Crippen molar-refractivity contribution in [2.24, 2.45) is 0 Å². The summed E-state index contributed by atoms with van der Waals surface area (Å²) < 4.78 is 31.6. The van der Waals surface area contributed by atoms with Gasteiger partial charge in [-0.05, 0) is 44.2 Å². The number of hydrogen-bond acceptors (Lipinski definition) is 5. The number of rotatable bonds is 5. The number of amides is 2.